The van der Waals surface area contributed by atoms with Crippen molar-refractivity contribution in [1.82, 2.24) is 4.98 Å². The first kappa shape index (κ1) is 13.4. The van der Waals surface area contributed by atoms with E-state index in [2.05, 4.69) is 4.98 Å². The number of benzene rings is 2. The molecule has 0 radical (unpaired) electrons. The highest BCUT2D eigenvalue weighted by atomic mass is 16.5. The molecule has 2 aromatic carbocycles. The highest BCUT2D eigenvalue weighted by molar-refractivity contribution is 5.78. The van der Waals surface area contributed by atoms with Gasteiger partial charge in [0, 0.05) is 24.1 Å². The van der Waals surface area contributed by atoms with E-state index in [0.717, 1.165) is 16.5 Å². The van der Waals surface area contributed by atoms with E-state index in [1.807, 2.05) is 54.6 Å². The molecule has 0 aliphatic rings. The first-order valence-corrected chi connectivity index (χ1v) is 6.70. The first-order valence-electron chi connectivity index (χ1n) is 6.70. The van der Waals surface area contributed by atoms with Gasteiger partial charge < -0.3 is 15.2 Å². The molecule has 0 fully saturated rings. The monoisotopic (exact) mass is 280 g/mol. The Morgan fingerprint density at radius 1 is 1.00 bits per heavy atom. The minimum Gasteiger partial charge on any atom is -0.497 e. The summed E-state index contributed by atoms with van der Waals surface area (Å²) in [6.45, 7) is 0.429. The van der Waals surface area contributed by atoms with Crippen LogP contribution in [0.25, 0.3) is 10.9 Å². The highest BCUT2D eigenvalue weighted by Crippen LogP contribution is 2.27. The smallest absolute Gasteiger partial charge is 0.219 e. The number of nitrogens with zero attached hydrogens (tertiary/aromatic N) is 1. The summed E-state index contributed by atoms with van der Waals surface area (Å²) in [6, 6.07) is 17.3. The van der Waals surface area contributed by atoms with Gasteiger partial charge in [-0.15, -0.1) is 0 Å². The molecule has 4 nitrogen and oxygen atoms in total. The summed E-state index contributed by atoms with van der Waals surface area (Å²) < 4.78 is 11.1. The number of hydrogen-bond donors (Lipinski definition) is 1. The van der Waals surface area contributed by atoms with E-state index in [0.29, 0.717) is 23.9 Å². The lowest BCUT2D eigenvalue weighted by molar-refractivity contribution is 0.407. The fourth-order valence-electron chi connectivity index (χ4n) is 2.15. The summed E-state index contributed by atoms with van der Waals surface area (Å²) >= 11 is 0. The molecule has 3 rings (SSSR count). The van der Waals surface area contributed by atoms with Crippen LogP contribution in [-0.4, -0.2) is 12.1 Å². The van der Waals surface area contributed by atoms with E-state index in [-0.39, 0.29) is 0 Å². The number of para-hydroxylation sites is 1. The van der Waals surface area contributed by atoms with Crippen LogP contribution in [0.15, 0.2) is 54.6 Å². The number of rotatable bonds is 4. The number of pyridine rings is 1. The van der Waals surface area contributed by atoms with Crippen LogP contribution in [0, 0.1) is 0 Å². The summed E-state index contributed by atoms with van der Waals surface area (Å²) in [5.41, 5.74) is 7.53. The number of fused-ring (bicyclic) bond motifs is 1. The van der Waals surface area contributed by atoms with E-state index >= 15 is 0 Å². The molecule has 106 valence electrons. The summed E-state index contributed by atoms with van der Waals surface area (Å²) in [7, 11) is 1.62. The quantitative estimate of drug-likeness (QED) is 0.794. The maximum Gasteiger partial charge on any atom is 0.219 e. The number of aromatic nitrogens is 1. The van der Waals surface area contributed by atoms with Gasteiger partial charge in [0.25, 0.3) is 0 Å². The fourth-order valence-corrected chi connectivity index (χ4v) is 2.15. The highest BCUT2D eigenvalue weighted by Gasteiger charge is 2.05. The molecular weight excluding hydrogens is 264 g/mol. The van der Waals surface area contributed by atoms with Crippen LogP contribution in [0.4, 0.5) is 0 Å². The Morgan fingerprint density at radius 2 is 1.81 bits per heavy atom. The van der Waals surface area contributed by atoms with Crippen LogP contribution in [0.1, 0.15) is 5.56 Å². The van der Waals surface area contributed by atoms with Gasteiger partial charge in [-0.2, -0.15) is 0 Å². The van der Waals surface area contributed by atoms with Crippen molar-refractivity contribution in [2.75, 3.05) is 7.11 Å². The van der Waals surface area contributed by atoms with E-state index in [4.69, 9.17) is 15.2 Å². The van der Waals surface area contributed by atoms with Gasteiger partial charge in [0.15, 0.2) is 0 Å². The minimum absolute atomic E-state index is 0.429. The van der Waals surface area contributed by atoms with Crippen LogP contribution in [0.5, 0.6) is 17.4 Å². The van der Waals surface area contributed by atoms with Crippen molar-refractivity contribution in [3.8, 4) is 17.4 Å². The second-order valence-electron chi connectivity index (χ2n) is 4.67. The molecule has 0 saturated carbocycles. The summed E-state index contributed by atoms with van der Waals surface area (Å²) in [5, 5.41) is 1.08. The van der Waals surface area contributed by atoms with Gasteiger partial charge in [0.2, 0.25) is 5.88 Å². The Kier molecular flexibility index (Phi) is 3.71. The molecule has 0 atom stereocenters. The van der Waals surface area contributed by atoms with Gasteiger partial charge in [-0.25, -0.2) is 4.98 Å². The SMILES string of the molecule is COc1cc(CN)cc(Oc2ccc3ccccc3n2)c1. The molecule has 0 aliphatic heterocycles. The largest absolute Gasteiger partial charge is 0.497 e. The van der Waals surface area contributed by atoms with Crippen molar-refractivity contribution >= 4 is 10.9 Å². The molecule has 3 aromatic rings. The number of nitrogens with two attached hydrogens (primary N) is 1. The lowest BCUT2D eigenvalue weighted by Crippen LogP contribution is -1.98. The lowest BCUT2D eigenvalue weighted by Gasteiger charge is -2.09. The minimum atomic E-state index is 0.429. The molecule has 0 spiro atoms. The molecule has 2 N–H and O–H groups in total. The summed E-state index contributed by atoms with van der Waals surface area (Å²) in [4.78, 5) is 4.49. The molecular formula is C17H16N2O2. The van der Waals surface area contributed by atoms with Crippen molar-refractivity contribution in [2.24, 2.45) is 5.73 Å². The van der Waals surface area contributed by atoms with Gasteiger partial charge in [0.1, 0.15) is 11.5 Å². The zero-order chi connectivity index (χ0) is 14.7. The second kappa shape index (κ2) is 5.81. The third-order valence-electron chi connectivity index (χ3n) is 3.21. The molecule has 0 unspecified atom stereocenters. The molecule has 1 heterocycles. The number of ether oxygens (including phenoxy) is 2. The normalized spacial score (nSPS) is 10.6. The van der Waals surface area contributed by atoms with E-state index in [9.17, 15) is 0 Å². The fraction of sp³-hybridized carbons (Fsp3) is 0.118. The van der Waals surface area contributed by atoms with Crippen molar-refractivity contribution < 1.29 is 9.47 Å². The van der Waals surface area contributed by atoms with Gasteiger partial charge in [0.05, 0.1) is 12.6 Å². The van der Waals surface area contributed by atoms with Crippen LogP contribution in [-0.2, 0) is 6.54 Å². The molecule has 1 aromatic heterocycles. The third-order valence-corrected chi connectivity index (χ3v) is 3.21. The standard InChI is InChI=1S/C17H16N2O2/c1-20-14-8-12(11-18)9-15(10-14)21-17-7-6-13-4-2-3-5-16(13)19-17/h2-10H,11,18H2,1H3. The van der Waals surface area contributed by atoms with Crippen molar-refractivity contribution in [1.29, 1.82) is 0 Å². The maximum absolute atomic E-state index is 5.82. The average Bonchev–Trinajstić information content (AvgIpc) is 2.54. The van der Waals surface area contributed by atoms with Gasteiger partial charge in [-0.05, 0) is 29.8 Å². The number of hydrogen-bond acceptors (Lipinski definition) is 4. The van der Waals surface area contributed by atoms with Crippen molar-refractivity contribution in [3.05, 3.63) is 60.2 Å². The molecule has 0 aliphatic carbocycles. The Labute approximate surface area is 123 Å². The van der Waals surface area contributed by atoms with Crippen LogP contribution in [0.3, 0.4) is 0 Å². The second-order valence-corrected chi connectivity index (χ2v) is 4.67. The predicted molar refractivity (Wildman–Crippen MR) is 82.7 cm³/mol. The molecule has 4 heteroatoms. The third kappa shape index (κ3) is 2.95. The van der Waals surface area contributed by atoms with Crippen LogP contribution < -0.4 is 15.2 Å². The Bertz CT molecular complexity index is 749. The topological polar surface area (TPSA) is 57.4 Å². The maximum atomic E-state index is 5.82. The van der Waals surface area contributed by atoms with Crippen molar-refractivity contribution in [2.45, 2.75) is 6.54 Å². The predicted octanol–water partition coefficient (Wildman–Crippen LogP) is 3.49. The van der Waals surface area contributed by atoms with E-state index in [1.165, 1.54) is 0 Å². The zero-order valence-corrected chi connectivity index (χ0v) is 11.7. The van der Waals surface area contributed by atoms with Crippen LogP contribution >= 0.6 is 0 Å². The Morgan fingerprint density at radius 3 is 2.62 bits per heavy atom. The molecule has 21 heavy (non-hydrogen) atoms. The Hall–Kier alpha value is -2.59. The van der Waals surface area contributed by atoms with Gasteiger partial charge >= 0.3 is 0 Å². The van der Waals surface area contributed by atoms with Gasteiger partial charge in [-0.1, -0.05) is 18.2 Å². The zero-order valence-electron chi connectivity index (χ0n) is 11.7. The lowest BCUT2D eigenvalue weighted by atomic mass is 10.2. The molecule has 0 amide bonds. The molecule has 0 saturated heterocycles. The average molecular weight is 280 g/mol. The Balaban J connectivity index is 1.94. The number of methoxy groups -OCH3 is 1. The van der Waals surface area contributed by atoms with E-state index < -0.39 is 0 Å². The van der Waals surface area contributed by atoms with Crippen LogP contribution in [0.2, 0.25) is 0 Å². The van der Waals surface area contributed by atoms with Gasteiger partial charge in [-0.3, -0.25) is 0 Å². The summed E-state index contributed by atoms with van der Waals surface area (Å²) in [5.74, 6) is 1.93. The molecule has 0 bridgehead atoms. The van der Waals surface area contributed by atoms with Crippen molar-refractivity contribution in [3.63, 3.8) is 0 Å². The summed E-state index contributed by atoms with van der Waals surface area (Å²) in [6.07, 6.45) is 0. The van der Waals surface area contributed by atoms with E-state index in [1.54, 1.807) is 7.11 Å². The first-order chi connectivity index (χ1) is 10.3.